The maximum Gasteiger partial charge on any atom is 0.282 e. The quantitative estimate of drug-likeness (QED) is 0.620. The Labute approximate surface area is 173 Å². The minimum absolute atomic E-state index is 0.0968. The average Bonchev–Trinajstić information content (AvgIpc) is 3.40. The van der Waals surface area contributed by atoms with Gasteiger partial charge in [-0.3, -0.25) is 14.2 Å². The van der Waals surface area contributed by atoms with Crippen LogP contribution in [-0.4, -0.2) is 25.5 Å². The summed E-state index contributed by atoms with van der Waals surface area (Å²) >= 11 is 0. The molecule has 1 aliphatic carbocycles. The molecular weight excluding hydrogens is 388 g/mol. The van der Waals surface area contributed by atoms with E-state index < -0.39 is 6.43 Å². The molecule has 4 rings (SSSR count). The van der Waals surface area contributed by atoms with E-state index in [1.807, 2.05) is 30.7 Å². The summed E-state index contributed by atoms with van der Waals surface area (Å²) in [5, 5.41) is 11.4. The van der Waals surface area contributed by atoms with Crippen molar-refractivity contribution in [1.29, 1.82) is 0 Å². The van der Waals surface area contributed by atoms with Crippen LogP contribution in [0.1, 0.15) is 59.1 Å². The van der Waals surface area contributed by atoms with Gasteiger partial charge >= 0.3 is 0 Å². The number of aromatic nitrogens is 4. The molecule has 1 saturated carbocycles. The number of carbonyl (C=O) groups excluding carboxylic acids is 1. The number of nitrogens with zero attached hydrogens (tertiary/aromatic N) is 4. The highest BCUT2D eigenvalue weighted by molar-refractivity contribution is 5.91. The highest BCUT2D eigenvalue weighted by Crippen LogP contribution is 2.41. The summed E-state index contributed by atoms with van der Waals surface area (Å²) in [7, 11) is 0. The second-order valence-corrected chi connectivity index (χ2v) is 7.90. The third-order valence-electron chi connectivity index (χ3n) is 5.57. The molecule has 1 fully saturated rings. The van der Waals surface area contributed by atoms with Crippen molar-refractivity contribution in [3.05, 3.63) is 64.2 Å². The lowest BCUT2D eigenvalue weighted by atomic mass is 10.1. The average molecular weight is 413 g/mol. The van der Waals surface area contributed by atoms with E-state index in [9.17, 15) is 13.6 Å². The summed E-state index contributed by atoms with van der Waals surface area (Å²) in [6.45, 7) is 6.32. The third-order valence-corrected chi connectivity index (χ3v) is 5.57. The molecule has 1 amide bonds. The topological polar surface area (TPSA) is 64.7 Å². The number of hydrogen-bond acceptors (Lipinski definition) is 3. The summed E-state index contributed by atoms with van der Waals surface area (Å²) in [6, 6.07) is 9.52. The van der Waals surface area contributed by atoms with Crippen LogP contribution in [0.3, 0.4) is 0 Å². The lowest BCUT2D eigenvalue weighted by molar-refractivity contribution is -0.117. The van der Waals surface area contributed by atoms with Gasteiger partial charge in [0.2, 0.25) is 5.91 Å². The van der Waals surface area contributed by atoms with E-state index in [-0.39, 0.29) is 24.1 Å². The zero-order valence-electron chi connectivity index (χ0n) is 17.3. The fourth-order valence-electron chi connectivity index (χ4n) is 3.69. The molecule has 0 spiro atoms. The molecule has 0 unspecified atom stereocenters. The van der Waals surface area contributed by atoms with Crippen molar-refractivity contribution in [1.82, 2.24) is 19.6 Å². The van der Waals surface area contributed by atoms with Crippen LogP contribution in [0.2, 0.25) is 0 Å². The maximum atomic E-state index is 13.1. The zero-order valence-corrected chi connectivity index (χ0v) is 17.3. The van der Waals surface area contributed by atoms with E-state index >= 15 is 0 Å². The van der Waals surface area contributed by atoms with Crippen LogP contribution in [-0.2, 0) is 17.9 Å². The molecule has 6 nitrogen and oxygen atoms in total. The van der Waals surface area contributed by atoms with Crippen LogP contribution < -0.4 is 5.32 Å². The fourth-order valence-corrected chi connectivity index (χ4v) is 3.69. The van der Waals surface area contributed by atoms with Gasteiger partial charge in [0.05, 0.1) is 23.6 Å². The van der Waals surface area contributed by atoms with E-state index in [2.05, 4.69) is 34.6 Å². The predicted octanol–water partition coefficient (Wildman–Crippen LogP) is 4.51. The Morgan fingerprint density at radius 3 is 2.57 bits per heavy atom. The van der Waals surface area contributed by atoms with E-state index in [4.69, 9.17) is 0 Å². The number of rotatable bonds is 7. The summed E-state index contributed by atoms with van der Waals surface area (Å²) < 4.78 is 29.4. The molecule has 2 aromatic heterocycles. The molecule has 0 aliphatic heterocycles. The standard InChI is InChI=1S/C22H25F2N5O/c1-13-6-4-5-7-17(13)11-28-15(3)21(14(2)26-28)25-20(30)12-29-19(16-8-9-16)10-18(27-29)22(23)24/h4-7,10,16,22H,8-9,11-12H2,1-3H3,(H,25,30). The first-order valence-corrected chi connectivity index (χ1v) is 10.1. The van der Waals surface area contributed by atoms with Gasteiger partial charge in [-0.05, 0) is 50.8 Å². The molecule has 158 valence electrons. The molecule has 8 heteroatoms. The Bertz CT molecular complexity index is 1080. The number of benzene rings is 1. The Morgan fingerprint density at radius 1 is 1.17 bits per heavy atom. The van der Waals surface area contributed by atoms with Crippen molar-refractivity contribution in [2.75, 3.05) is 5.32 Å². The lowest BCUT2D eigenvalue weighted by Crippen LogP contribution is -2.21. The van der Waals surface area contributed by atoms with Gasteiger partial charge < -0.3 is 5.32 Å². The van der Waals surface area contributed by atoms with Gasteiger partial charge in [-0.2, -0.15) is 10.2 Å². The normalized spacial score (nSPS) is 13.8. The van der Waals surface area contributed by atoms with Crippen LogP contribution in [0, 0.1) is 20.8 Å². The maximum absolute atomic E-state index is 13.1. The van der Waals surface area contributed by atoms with Gasteiger partial charge in [0.25, 0.3) is 6.43 Å². The van der Waals surface area contributed by atoms with Crippen molar-refractivity contribution in [2.24, 2.45) is 0 Å². The number of hydrogen-bond donors (Lipinski definition) is 1. The molecule has 1 aliphatic rings. The van der Waals surface area contributed by atoms with Crippen LogP contribution in [0.15, 0.2) is 30.3 Å². The number of amides is 1. The van der Waals surface area contributed by atoms with E-state index in [1.165, 1.54) is 16.3 Å². The van der Waals surface area contributed by atoms with Gasteiger partial charge in [-0.15, -0.1) is 0 Å². The van der Waals surface area contributed by atoms with Crippen LogP contribution in [0.25, 0.3) is 0 Å². The Balaban J connectivity index is 1.50. The predicted molar refractivity (Wildman–Crippen MR) is 110 cm³/mol. The third kappa shape index (κ3) is 4.13. The minimum atomic E-state index is -2.64. The number of anilines is 1. The largest absolute Gasteiger partial charge is 0.321 e. The molecule has 2 heterocycles. The van der Waals surface area contributed by atoms with E-state index in [0.29, 0.717) is 23.6 Å². The first-order valence-electron chi connectivity index (χ1n) is 10.1. The van der Waals surface area contributed by atoms with Gasteiger partial charge in [-0.25, -0.2) is 8.78 Å². The first-order chi connectivity index (χ1) is 14.3. The van der Waals surface area contributed by atoms with Crippen LogP contribution in [0.4, 0.5) is 14.5 Å². The van der Waals surface area contributed by atoms with Gasteiger partial charge in [0.15, 0.2) is 0 Å². The van der Waals surface area contributed by atoms with Gasteiger partial charge in [0, 0.05) is 11.6 Å². The molecule has 0 bridgehead atoms. The van der Waals surface area contributed by atoms with Crippen molar-refractivity contribution in [3.8, 4) is 0 Å². The molecule has 0 radical (unpaired) electrons. The van der Waals surface area contributed by atoms with Gasteiger partial charge in [-0.1, -0.05) is 24.3 Å². The van der Waals surface area contributed by atoms with Crippen molar-refractivity contribution in [2.45, 2.75) is 59.0 Å². The second-order valence-electron chi connectivity index (χ2n) is 7.90. The molecule has 1 N–H and O–H groups in total. The monoisotopic (exact) mass is 413 g/mol. The molecule has 30 heavy (non-hydrogen) atoms. The SMILES string of the molecule is Cc1ccccc1Cn1nc(C)c(NC(=O)Cn2nc(C(F)F)cc2C2CC2)c1C. The number of alkyl halides is 2. The smallest absolute Gasteiger partial charge is 0.282 e. The molecule has 3 aromatic rings. The van der Waals surface area contributed by atoms with Crippen molar-refractivity contribution >= 4 is 11.6 Å². The zero-order chi connectivity index (χ0) is 21.4. The molecular formula is C22H25F2N5O. The first kappa shape index (κ1) is 20.3. The number of carbonyl (C=O) groups is 1. The van der Waals surface area contributed by atoms with E-state index in [0.717, 1.165) is 24.1 Å². The minimum Gasteiger partial charge on any atom is -0.321 e. The summed E-state index contributed by atoms with van der Waals surface area (Å²) in [5.74, 6) is -0.0828. The molecule has 0 saturated heterocycles. The Hall–Kier alpha value is -3.03. The molecule has 1 aromatic carbocycles. The molecule has 0 atom stereocenters. The Kier molecular flexibility index (Phi) is 5.40. The second kappa shape index (κ2) is 8.01. The van der Waals surface area contributed by atoms with Gasteiger partial charge in [0.1, 0.15) is 12.2 Å². The number of nitrogens with one attached hydrogen (secondary N) is 1. The highest BCUT2D eigenvalue weighted by atomic mass is 19.3. The van der Waals surface area contributed by atoms with Crippen molar-refractivity contribution in [3.63, 3.8) is 0 Å². The Morgan fingerprint density at radius 2 is 1.90 bits per heavy atom. The lowest BCUT2D eigenvalue weighted by Gasteiger charge is -2.10. The van der Waals surface area contributed by atoms with E-state index in [1.54, 1.807) is 0 Å². The van der Waals surface area contributed by atoms with Crippen LogP contribution in [0.5, 0.6) is 0 Å². The van der Waals surface area contributed by atoms with Crippen molar-refractivity contribution < 1.29 is 13.6 Å². The summed E-state index contributed by atoms with van der Waals surface area (Å²) in [6.07, 6.45) is -0.754. The number of aryl methyl sites for hydroxylation is 2. The highest BCUT2D eigenvalue weighted by Gasteiger charge is 2.30. The fraction of sp³-hybridized carbons (Fsp3) is 0.409. The number of halogens is 2. The summed E-state index contributed by atoms with van der Waals surface area (Å²) in [5.41, 5.74) is 4.99. The summed E-state index contributed by atoms with van der Waals surface area (Å²) in [4.78, 5) is 12.7. The van der Waals surface area contributed by atoms with Crippen LogP contribution >= 0.6 is 0 Å².